The van der Waals surface area contributed by atoms with E-state index in [-0.39, 0.29) is 16.5 Å². The van der Waals surface area contributed by atoms with Gasteiger partial charge in [-0.25, -0.2) is 9.52 Å². The SMILES string of the molecule is O=C(Nc1nc(Cl)nc(Cl)n1)NS(=O)(=O)O. The van der Waals surface area contributed by atoms with Gasteiger partial charge in [-0.15, -0.1) is 0 Å². The lowest BCUT2D eigenvalue weighted by atomic mass is 10.9. The van der Waals surface area contributed by atoms with Crippen LogP contribution in [-0.4, -0.2) is 34.0 Å². The van der Waals surface area contributed by atoms with Gasteiger partial charge in [0.15, 0.2) is 0 Å². The van der Waals surface area contributed by atoms with Crippen LogP contribution in [0.5, 0.6) is 0 Å². The first-order valence-corrected chi connectivity index (χ1v) is 5.59. The van der Waals surface area contributed by atoms with Gasteiger partial charge in [-0.2, -0.15) is 23.4 Å². The lowest BCUT2D eigenvalue weighted by molar-refractivity contribution is 0.255. The number of amides is 2. The fourth-order valence-corrected chi connectivity index (χ4v) is 1.27. The van der Waals surface area contributed by atoms with Crippen molar-refractivity contribution in [3.05, 3.63) is 10.6 Å². The molecule has 0 aliphatic rings. The highest BCUT2D eigenvalue weighted by Gasteiger charge is 2.12. The van der Waals surface area contributed by atoms with E-state index in [1.54, 1.807) is 0 Å². The number of carbonyl (C=O) groups is 1. The molecular weight excluding hydrogens is 285 g/mol. The molecule has 0 bridgehead atoms. The second-order valence-electron chi connectivity index (χ2n) is 2.23. The second kappa shape index (κ2) is 4.74. The van der Waals surface area contributed by atoms with Crippen LogP contribution >= 0.6 is 23.2 Å². The fourth-order valence-electron chi connectivity index (χ4n) is 0.626. The Morgan fingerprint density at radius 2 is 1.69 bits per heavy atom. The fraction of sp³-hybridized carbons (Fsp3) is 0. The maximum absolute atomic E-state index is 10.9. The smallest absolute Gasteiger partial charge is 0.275 e. The van der Waals surface area contributed by atoms with E-state index < -0.39 is 16.3 Å². The van der Waals surface area contributed by atoms with Crippen LogP contribution in [0.1, 0.15) is 0 Å². The Hall–Kier alpha value is -1.23. The van der Waals surface area contributed by atoms with Gasteiger partial charge in [0.05, 0.1) is 0 Å². The molecule has 0 radical (unpaired) electrons. The predicted molar refractivity (Wildman–Crippen MR) is 53.5 cm³/mol. The number of hydrogen-bond donors (Lipinski definition) is 3. The van der Waals surface area contributed by atoms with E-state index in [1.165, 1.54) is 4.72 Å². The van der Waals surface area contributed by atoms with E-state index >= 15 is 0 Å². The molecule has 0 saturated carbocycles. The van der Waals surface area contributed by atoms with Gasteiger partial charge in [-0.3, -0.25) is 9.87 Å². The summed E-state index contributed by atoms with van der Waals surface area (Å²) in [6.07, 6.45) is 0. The summed E-state index contributed by atoms with van der Waals surface area (Å²) in [7, 11) is -4.66. The molecule has 1 rings (SSSR count). The molecule has 0 aromatic carbocycles. The van der Waals surface area contributed by atoms with E-state index in [0.29, 0.717) is 0 Å². The van der Waals surface area contributed by atoms with Gasteiger partial charge in [0, 0.05) is 0 Å². The third-order valence-electron chi connectivity index (χ3n) is 1.03. The molecule has 9 nitrogen and oxygen atoms in total. The maximum Gasteiger partial charge on any atom is 0.361 e. The Kier molecular flexibility index (Phi) is 3.80. The summed E-state index contributed by atoms with van der Waals surface area (Å²) in [5.41, 5.74) is 0. The third kappa shape index (κ3) is 4.53. The van der Waals surface area contributed by atoms with Gasteiger partial charge >= 0.3 is 16.3 Å². The van der Waals surface area contributed by atoms with Crippen LogP contribution in [0, 0.1) is 0 Å². The van der Waals surface area contributed by atoms with E-state index in [0.717, 1.165) is 0 Å². The van der Waals surface area contributed by atoms with Crippen molar-refractivity contribution < 1.29 is 17.8 Å². The Balaban J connectivity index is 2.77. The molecule has 0 aliphatic heterocycles. The number of nitrogens with zero attached hydrogens (tertiary/aromatic N) is 3. The Morgan fingerprint density at radius 1 is 1.19 bits per heavy atom. The summed E-state index contributed by atoms with van der Waals surface area (Å²) in [6, 6.07) is -1.28. The minimum absolute atomic E-state index is 0.290. The normalized spacial score (nSPS) is 10.9. The molecule has 1 aromatic heterocycles. The van der Waals surface area contributed by atoms with Crippen LogP contribution in [-0.2, 0) is 10.3 Å². The molecule has 1 aromatic rings. The Morgan fingerprint density at radius 3 is 2.12 bits per heavy atom. The zero-order chi connectivity index (χ0) is 12.3. The van der Waals surface area contributed by atoms with E-state index in [1.807, 2.05) is 5.32 Å². The van der Waals surface area contributed by atoms with E-state index in [9.17, 15) is 13.2 Å². The second-order valence-corrected chi connectivity index (χ2v) is 4.06. The zero-order valence-corrected chi connectivity index (χ0v) is 9.51. The van der Waals surface area contributed by atoms with Gasteiger partial charge in [0.1, 0.15) is 0 Å². The minimum Gasteiger partial charge on any atom is -0.275 e. The predicted octanol–water partition coefficient (Wildman–Crippen LogP) is 0.103. The maximum atomic E-state index is 10.9. The average Bonchev–Trinajstić information content (AvgIpc) is 1.96. The number of nitrogens with one attached hydrogen (secondary N) is 2. The number of urea groups is 1. The summed E-state index contributed by atoms with van der Waals surface area (Å²) in [5.74, 6) is -0.369. The lowest BCUT2D eigenvalue weighted by Crippen LogP contribution is -2.34. The van der Waals surface area contributed by atoms with Crippen molar-refractivity contribution in [1.29, 1.82) is 0 Å². The highest BCUT2D eigenvalue weighted by molar-refractivity contribution is 7.84. The molecule has 0 aliphatic carbocycles. The molecule has 0 unspecified atom stereocenters. The van der Waals surface area contributed by atoms with Crippen LogP contribution < -0.4 is 10.0 Å². The summed E-state index contributed by atoms with van der Waals surface area (Å²) < 4.78 is 30.0. The standard InChI is InChI=1S/C4H3Cl2N5O4S/c5-1-7-2(6)9-3(8-1)10-4(12)11-16(13,14)15/h(H,13,14,15)(H2,7,8,9,10,11,12). The highest BCUT2D eigenvalue weighted by Crippen LogP contribution is 2.09. The van der Waals surface area contributed by atoms with Crippen molar-refractivity contribution in [2.75, 3.05) is 5.32 Å². The van der Waals surface area contributed by atoms with E-state index in [4.69, 9.17) is 27.8 Å². The first-order valence-electron chi connectivity index (χ1n) is 3.39. The van der Waals surface area contributed by atoms with Crippen LogP contribution in [0.3, 0.4) is 0 Å². The van der Waals surface area contributed by atoms with Crippen LogP contribution in [0.2, 0.25) is 10.6 Å². The molecule has 0 saturated heterocycles. The van der Waals surface area contributed by atoms with Crippen LogP contribution in [0.25, 0.3) is 0 Å². The molecule has 1 heterocycles. The monoisotopic (exact) mass is 287 g/mol. The molecule has 0 atom stereocenters. The van der Waals surface area contributed by atoms with E-state index in [2.05, 4.69) is 15.0 Å². The molecule has 16 heavy (non-hydrogen) atoms. The number of aromatic nitrogens is 3. The molecule has 88 valence electrons. The van der Waals surface area contributed by atoms with Gasteiger partial charge in [-0.1, -0.05) is 0 Å². The van der Waals surface area contributed by atoms with Gasteiger partial charge in [0.2, 0.25) is 16.5 Å². The first kappa shape index (κ1) is 12.8. The van der Waals surface area contributed by atoms with Crippen molar-refractivity contribution >= 4 is 45.5 Å². The van der Waals surface area contributed by atoms with Crippen molar-refractivity contribution in [2.24, 2.45) is 0 Å². The molecule has 3 N–H and O–H groups in total. The molecule has 0 spiro atoms. The molecule has 0 fully saturated rings. The summed E-state index contributed by atoms with van der Waals surface area (Å²) in [6.45, 7) is 0. The van der Waals surface area contributed by atoms with Crippen molar-refractivity contribution in [3.8, 4) is 0 Å². The average molecular weight is 288 g/mol. The summed E-state index contributed by atoms with van der Waals surface area (Å²) in [4.78, 5) is 21.1. The van der Waals surface area contributed by atoms with Crippen LogP contribution in [0.4, 0.5) is 10.7 Å². The number of halogens is 2. The Bertz CT molecular complexity index is 499. The van der Waals surface area contributed by atoms with Gasteiger partial charge < -0.3 is 0 Å². The van der Waals surface area contributed by atoms with Crippen molar-refractivity contribution in [1.82, 2.24) is 19.7 Å². The largest absolute Gasteiger partial charge is 0.361 e. The van der Waals surface area contributed by atoms with Crippen molar-refractivity contribution in [3.63, 3.8) is 0 Å². The topological polar surface area (TPSA) is 134 Å². The number of rotatable bonds is 2. The summed E-state index contributed by atoms with van der Waals surface area (Å²) >= 11 is 10.8. The number of carbonyl (C=O) groups excluding carboxylic acids is 1. The first-order chi connectivity index (χ1) is 7.26. The van der Waals surface area contributed by atoms with Crippen LogP contribution in [0.15, 0.2) is 0 Å². The van der Waals surface area contributed by atoms with Gasteiger partial charge in [-0.05, 0) is 23.2 Å². The molecule has 12 heteroatoms. The zero-order valence-electron chi connectivity index (χ0n) is 7.18. The molecular formula is C4H3Cl2N5O4S. The number of hydrogen-bond acceptors (Lipinski definition) is 6. The van der Waals surface area contributed by atoms with Gasteiger partial charge in [0.25, 0.3) is 0 Å². The van der Waals surface area contributed by atoms with Crippen molar-refractivity contribution in [2.45, 2.75) is 0 Å². The lowest BCUT2D eigenvalue weighted by Gasteiger charge is -2.03. The Labute approximate surface area is 99.1 Å². The number of anilines is 1. The quantitative estimate of drug-likeness (QED) is 0.657. The summed E-state index contributed by atoms with van der Waals surface area (Å²) in [5, 5.41) is 1.28. The molecule has 2 amide bonds. The highest BCUT2D eigenvalue weighted by atomic mass is 35.5. The minimum atomic E-state index is -4.66. The third-order valence-corrected chi connectivity index (χ3v) is 1.81.